The fraction of sp³-hybridized carbons (Fsp3) is 0. The molecule has 1 heterocycles. The van der Waals surface area contributed by atoms with Crippen LogP contribution < -0.4 is 5.32 Å². The Balaban J connectivity index is 1.91. The molecule has 0 aliphatic rings. The Morgan fingerprint density at radius 2 is 1.95 bits per heavy atom. The van der Waals surface area contributed by atoms with Crippen molar-refractivity contribution in [1.82, 2.24) is 0 Å². The molecule has 1 aromatic heterocycles. The van der Waals surface area contributed by atoms with E-state index in [1.165, 1.54) is 23.5 Å². The number of para-hydroxylation sites is 1. The van der Waals surface area contributed by atoms with Gasteiger partial charge in [-0.2, -0.15) is 0 Å². The number of carbonyl (C=O) groups excluding carboxylic acids is 1. The summed E-state index contributed by atoms with van der Waals surface area (Å²) >= 11 is 3.46. The number of halogens is 2. The first kappa shape index (κ1) is 13.5. The third-order valence-corrected chi connectivity index (χ3v) is 4.87. The highest BCUT2D eigenvalue weighted by molar-refractivity contribution is 14.1. The highest BCUT2D eigenvalue weighted by Crippen LogP contribution is 2.27. The quantitative estimate of drug-likeness (QED) is 0.613. The van der Waals surface area contributed by atoms with Crippen LogP contribution in [0.1, 0.15) is 9.67 Å². The van der Waals surface area contributed by atoms with Crippen LogP contribution in [0.15, 0.2) is 48.5 Å². The molecule has 3 aromatic rings. The maximum atomic E-state index is 13.2. The van der Waals surface area contributed by atoms with E-state index in [4.69, 9.17) is 0 Å². The van der Waals surface area contributed by atoms with Gasteiger partial charge in [-0.15, -0.1) is 11.3 Å². The van der Waals surface area contributed by atoms with Gasteiger partial charge in [-0.3, -0.25) is 4.79 Å². The lowest BCUT2D eigenvalue weighted by molar-refractivity contribution is 0.103. The molecule has 0 saturated carbocycles. The van der Waals surface area contributed by atoms with E-state index in [1.54, 1.807) is 12.1 Å². The lowest BCUT2D eigenvalue weighted by Gasteiger charge is -2.05. The van der Waals surface area contributed by atoms with E-state index < -0.39 is 0 Å². The van der Waals surface area contributed by atoms with Crippen molar-refractivity contribution in [3.05, 3.63) is 62.8 Å². The molecule has 2 nitrogen and oxygen atoms in total. The first-order chi connectivity index (χ1) is 9.63. The summed E-state index contributed by atoms with van der Waals surface area (Å²) < 4.78 is 14.9. The van der Waals surface area contributed by atoms with E-state index in [0.717, 1.165) is 19.3 Å². The van der Waals surface area contributed by atoms with Crippen LogP contribution in [-0.4, -0.2) is 5.91 Å². The summed E-state index contributed by atoms with van der Waals surface area (Å²) in [5.41, 5.74) is 0.779. The molecule has 0 bridgehead atoms. The predicted octanol–water partition coefficient (Wildman–Crippen LogP) is 4.90. The standard InChI is InChI=1S/C15H9FINOS/c16-10-6-5-9-7-14(20-13(9)8-10)15(19)18-12-4-2-1-3-11(12)17/h1-8H,(H,18,19). The van der Waals surface area contributed by atoms with Crippen molar-refractivity contribution in [1.29, 1.82) is 0 Å². The topological polar surface area (TPSA) is 29.1 Å². The van der Waals surface area contributed by atoms with Gasteiger partial charge in [0.15, 0.2) is 0 Å². The third-order valence-electron chi connectivity index (χ3n) is 2.83. The number of carbonyl (C=O) groups is 1. The van der Waals surface area contributed by atoms with Gasteiger partial charge in [0.25, 0.3) is 5.91 Å². The van der Waals surface area contributed by atoms with E-state index in [0.29, 0.717) is 4.88 Å². The van der Waals surface area contributed by atoms with Crippen LogP contribution in [0.4, 0.5) is 10.1 Å². The molecule has 3 rings (SSSR count). The normalized spacial score (nSPS) is 10.7. The molecule has 1 amide bonds. The lowest BCUT2D eigenvalue weighted by Crippen LogP contribution is -2.10. The van der Waals surface area contributed by atoms with E-state index in [9.17, 15) is 9.18 Å². The summed E-state index contributed by atoms with van der Waals surface area (Å²) in [7, 11) is 0. The monoisotopic (exact) mass is 397 g/mol. The zero-order chi connectivity index (χ0) is 14.1. The Morgan fingerprint density at radius 3 is 2.75 bits per heavy atom. The minimum Gasteiger partial charge on any atom is -0.320 e. The Hall–Kier alpha value is -1.47. The second-order valence-corrected chi connectivity index (χ2v) is 6.47. The van der Waals surface area contributed by atoms with Crippen molar-refractivity contribution in [3.63, 3.8) is 0 Å². The zero-order valence-electron chi connectivity index (χ0n) is 10.2. The Morgan fingerprint density at radius 1 is 1.15 bits per heavy atom. The van der Waals surface area contributed by atoms with Crippen LogP contribution in [0, 0.1) is 9.39 Å². The molecule has 5 heteroatoms. The molecule has 2 aromatic carbocycles. The fourth-order valence-electron chi connectivity index (χ4n) is 1.86. The number of nitrogens with one attached hydrogen (secondary N) is 1. The molecule has 0 atom stereocenters. The van der Waals surface area contributed by atoms with Crippen molar-refractivity contribution in [2.24, 2.45) is 0 Å². The summed E-state index contributed by atoms with van der Waals surface area (Å²) in [6, 6.07) is 13.9. The summed E-state index contributed by atoms with van der Waals surface area (Å²) in [6.45, 7) is 0. The van der Waals surface area contributed by atoms with E-state index in [-0.39, 0.29) is 11.7 Å². The van der Waals surface area contributed by atoms with Crippen LogP contribution >= 0.6 is 33.9 Å². The highest BCUT2D eigenvalue weighted by Gasteiger charge is 2.12. The molecular weight excluding hydrogens is 388 g/mol. The molecule has 0 spiro atoms. The maximum absolute atomic E-state index is 13.2. The Kier molecular flexibility index (Phi) is 3.71. The van der Waals surface area contributed by atoms with Crippen molar-refractivity contribution in [2.75, 3.05) is 5.32 Å². The maximum Gasteiger partial charge on any atom is 0.265 e. The van der Waals surface area contributed by atoms with Crippen molar-refractivity contribution in [3.8, 4) is 0 Å². The molecule has 0 unspecified atom stereocenters. The van der Waals surface area contributed by atoms with Crippen molar-refractivity contribution in [2.45, 2.75) is 0 Å². The summed E-state index contributed by atoms with van der Waals surface area (Å²) in [5, 5.41) is 3.75. The third kappa shape index (κ3) is 2.69. The number of amides is 1. The predicted molar refractivity (Wildman–Crippen MR) is 88.9 cm³/mol. The molecule has 0 radical (unpaired) electrons. The van der Waals surface area contributed by atoms with E-state index in [1.807, 2.05) is 24.3 Å². The number of hydrogen-bond acceptors (Lipinski definition) is 2. The highest BCUT2D eigenvalue weighted by atomic mass is 127. The number of hydrogen-bond donors (Lipinski definition) is 1. The van der Waals surface area contributed by atoms with Gasteiger partial charge in [-0.05, 0) is 58.3 Å². The first-order valence-corrected chi connectivity index (χ1v) is 7.78. The summed E-state index contributed by atoms with van der Waals surface area (Å²) in [5.74, 6) is -0.459. The fourth-order valence-corrected chi connectivity index (χ4v) is 3.37. The molecule has 0 fully saturated rings. The smallest absolute Gasteiger partial charge is 0.265 e. The number of benzene rings is 2. The Labute approximate surface area is 132 Å². The molecule has 100 valence electrons. The molecular formula is C15H9FINOS. The number of thiophene rings is 1. The van der Waals surface area contributed by atoms with Crippen molar-refractivity contribution >= 4 is 55.6 Å². The van der Waals surface area contributed by atoms with Crippen LogP contribution in [0.3, 0.4) is 0 Å². The van der Waals surface area contributed by atoms with Gasteiger partial charge < -0.3 is 5.32 Å². The van der Waals surface area contributed by atoms with Crippen LogP contribution in [0.2, 0.25) is 0 Å². The van der Waals surface area contributed by atoms with E-state index in [2.05, 4.69) is 27.9 Å². The van der Waals surface area contributed by atoms with Gasteiger partial charge in [0, 0.05) is 8.27 Å². The first-order valence-electron chi connectivity index (χ1n) is 5.88. The summed E-state index contributed by atoms with van der Waals surface area (Å²) in [4.78, 5) is 12.8. The number of rotatable bonds is 2. The SMILES string of the molecule is O=C(Nc1ccccc1I)c1cc2ccc(F)cc2s1. The molecule has 1 N–H and O–H groups in total. The Bertz CT molecular complexity index is 799. The molecule has 0 aliphatic heterocycles. The number of fused-ring (bicyclic) bond motifs is 1. The number of anilines is 1. The average Bonchev–Trinajstić information content (AvgIpc) is 2.84. The second kappa shape index (κ2) is 5.49. The zero-order valence-corrected chi connectivity index (χ0v) is 13.2. The molecule has 0 saturated heterocycles. The van der Waals surface area contributed by atoms with Crippen LogP contribution in [0.25, 0.3) is 10.1 Å². The van der Waals surface area contributed by atoms with Gasteiger partial charge in [0.05, 0.1) is 10.6 Å². The summed E-state index contributed by atoms with van der Waals surface area (Å²) in [6.07, 6.45) is 0. The van der Waals surface area contributed by atoms with Crippen molar-refractivity contribution < 1.29 is 9.18 Å². The molecule has 0 aliphatic carbocycles. The van der Waals surface area contributed by atoms with Gasteiger partial charge in [-0.1, -0.05) is 18.2 Å². The van der Waals surface area contributed by atoms with Crippen LogP contribution in [-0.2, 0) is 0 Å². The van der Waals surface area contributed by atoms with Gasteiger partial charge >= 0.3 is 0 Å². The molecule has 20 heavy (non-hydrogen) atoms. The average molecular weight is 397 g/mol. The van der Waals surface area contributed by atoms with Gasteiger partial charge in [0.1, 0.15) is 5.82 Å². The largest absolute Gasteiger partial charge is 0.320 e. The van der Waals surface area contributed by atoms with E-state index >= 15 is 0 Å². The minimum absolute atomic E-state index is 0.171. The lowest BCUT2D eigenvalue weighted by atomic mass is 10.2. The minimum atomic E-state index is -0.288. The second-order valence-electron chi connectivity index (χ2n) is 4.23. The van der Waals surface area contributed by atoms with Gasteiger partial charge in [-0.25, -0.2) is 4.39 Å². The van der Waals surface area contributed by atoms with Crippen LogP contribution in [0.5, 0.6) is 0 Å². The van der Waals surface area contributed by atoms with Gasteiger partial charge in [0.2, 0.25) is 0 Å².